The molecule has 3 N–H and O–H groups in total. The monoisotopic (exact) mass is 279 g/mol. The van der Waals surface area contributed by atoms with E-state index in [2.05, 4.69) is 35.6 Å². The molecule has 3 heteroatoms. The Hall–Kier alpha value is -2.13. The zero-order chi connectivity index (χ0) is 14.5. The Labute approximate surface area is 125 Å². The number of nitrogens with zero attached hydrogens (tertiary/aromatic N) is 1. The molecule has 1 unspecified atom stereocenters. The first-order chi connectivity index (χ1) is 10.3. The van der Waals surface area contributed by atoms with Crippen LogP contribution < -0.4 is 11.1 Å². The van der Waals surface area contributed by atoms with Crippen molar-refractivity contribution in [2.75, 3.05) is 18.8 Å². The molecule has 108 valence electrons. The molecule has 0 bridgehead atoms. The normalized spacial score (nSPS) is 16.5. The number of anilines is 1. The van der Waals surface area contributed by atoms with Crippen molar-refractivity contribution < 1.29 is 0 Å². The highest BCUT2D eigenvalue weighted by atomic mass is 14.9. The van der Waals surface area contributed by atoms with Crippen LogP contribution in [0.5, 0.6) is 0 Å². The van der Waals surface area contributed by atoms with E-state index in [9.17, 15) is 0 Å². The summed E-state index contributed by atoms with van der Waals surface area (Å²) in [7, 11) is 0. The molecule has 0 aromatic heterocycles. The topological polar surface area (TPSA) is 50.4 Å². The Balaban J connectivity index is 2.01. The molecule has 3 nitrogen and oxygen atoms in total. The fourth-order valence-corrected chi connectivity index (χ4v) is 2.75. The Morgan fingerprint density at radius 1 is 0.905 bits per heavy atom. The minimum Gasteiger partial charge on any atom is -0.398 e. The molecule has 0 radical (unpaired) electrons. The lowest BCUT2D eigenvalue weighted by Crippen LogP contribution is -2.28. The second-order valence-corrected chi connectivity index (χ2v) is 5.39. The largest absolute Gasteiger partial charge is 0.398 e. The van der Waals surface area contributed by atoms with Gasteiger partial charge in [0, 0.05) is 30.1 Å². The number of piperidine rings is 1. The molecular formula is C18H21N3. The summed E-state index contributed by atoms with van der Waals surface area (Å²) in [6.45, 7) is 2.04. The SMILES string of the molecule is Nc1ccccc1C(N=C1CCNCC1)c1ccccc1. The molecule has 21 heavy (non-hydrogen) atoms. The van der Waals surface area contributed by atoms with Crippen LogP contribution in [0.2, 0.25) is 0 Å². The van der Waals surface area contributed by atoms with Crippen LogP contribution in [0.25, 0.3) is 0 Å². The third-order valence-electron chi connectivity index (χ3n) is 3.90. The van der Waals surface area contributed by atoms with Gasteiger partial charge in [0.2, 0.25) is 0 Å². The van der Waals surface area contributed by atoms with Gasteiger partial charge in [-0.05, 0) is 24.5 Å². The maximum Gasteiger partial charge on any atom is 0.102 e. The van der Waals surface area contributed by atoms with Gasteiger partial charge in [-0.3, -0.25) is 4.99 Å². The van der Waals surface area contributed by atoms with E-state index in [1.54, 1.807) is 0 Å². The molecule has 0 aliphatic carbocycles. The number of rotatable bonds is 3. The van der Waals surface area contributed by atoms with Gasteiger partial charge in [0.05, 0.1) is 0 Å². The van der Waals surface area contributed by atoms with Crippen LogP contribution in [0, 0.1) is 0 Å². The van der Waals surface area contributed by atoms with Crippen molar-refractivity contribution in [2.24, 2.45) is 4.99 Å². The van der Waals surface area contributed by atoms with E-state index < -0.39 is 0 Å². The van der Waals surface area contributed by atoms with Gasteiger partial charge in [0.15, 0.2) is 0 Å². The van der Waals surface area contributed by atoms with Crippen molar-refractivity contribution in [1.29, 1.82) is 0 Å². The van der Waals surface area contributed by atoms with Gasteiger partial charge in [-0.1, -0.05) is 48.5 Å². The first-order valence-electron chi connectivity index (χ1n) is 7.50. The second kappa shape index (κ2) is 6.55. The summed E-state index contributed by atoms with van der Waals surface area (Å²) in [4.78, 5) is 5.03. The van der Waals surface area contributed by atoms with Crippen molar-refractivity contribution in [3.05, 3.63) is 65.7 Å². The van der Waals surface area contributed by atoms with Gasteiger partial charge in [0.25, 0.3) is 0 Å². The number of hydrogen-bond donors (Lipinski definition) is 2. The van der Waals surface area contributed by atoms with Crippen molar-refractivity contribution in [3.8, 4) is 0 Å². The predicted octanol–water partition coefficient (Wildman–Crippen LogP) is 3.18. The number of para-hydroxylation sites is 1. The van der Waals surface area contributed by atoms with Crippen molar-refractivity contribution in [1.82, 2.24) is 5.32 Å². The van der Waals surface area contributed by atoms with Gasteiger partial charge in [0.1, 0.15) is 6.04 Å². The van der Waals surface area contributed by atoms with Crippen molar-refractivity contribution >= 4 is 11.4 Å². The minimum absolute atomic E-state index is 0.000463. The summed E-state index contributed by atoms with van der Waals surface area (Å²) < 4.78 is 0. The van der Waals surface area contributed by atoms with Crippen molar-refractivity contribution in [3.63, 3.8) is 0 Å². The Morgan fingerprint density at radius 2 is 1.57 bits per heavy atom. The Kier molecular flexibility index (Phi) is 4.31. The zero-order valence-electron chi connectivity index (χ0n) is 12.1. The van der Waals surface area contributed by atoms with Crippen LogP contribution in [0.15, 0.2) is 59.6 Å². The van der Waals surface area contributed by atoms with E-state index in [0.717, 1.165) is 37.2 Å². The molecule has 1 atom stereocenters. The minimum atomic E-state index is 0.000463. The fourth-order valence-electron chi connectivity index (χ4n) is 2.75. The zero-order valence-corrected chi connectivity index (χ0v) is 12.1. The first kappa shape index (κ1) is 13.8. The summed E-state index contributed by atoms with van der Waals surface area (Å²) in [5.41, 5.74) is 10.6. The average molecular weight is 279 g/mol. The van der Waals surface area contributed by atoms with Gasteiger partial charge >= 0.3 is 0 Å². The van der Waals surface area contributed by atoms with E-state index in [-0.39, 0.29) is 6.04 Å². The van der Waals surface area contributed by atoms with Gasteiger partial charge in [-0.25, -0.2) is 0 Å². The van der Waals surface area contributed by atoms with Crippen LogP contribution in [-0.2, 0) is 0 Å². The maximum atomic E-state index is 6.18. The van der Waals surface area contributed by atoms with E-state index in [0.29, 0.717) is 0 Å². The third kappa shape index (κ3) is 3.31. The number of nitrogen functional groups attached to an aromatic ring is 1. The van der Waals surface area contributed by atoms with Gasteiger partial charge in [-0.2, -0.15) is 0 Å². The summed E-state index contributed by atoms with van der Waals surface area (Å²) in [6.07, 6.45) is 2.05. The lowest BCUT2D eigenvalue weighted by Gasteiger charge is -2.20. The molecule has 3 rings (SSSR count). The highest BCUT2D eigenvalue weighted by Crippen LogP contribution is 2.30. The highest BCUT2D eigenvalue weighted by Gasteiger charge is 2.17. The Morgan fingerprint density at radius 3 is 2.29 bits per heavy atom. The van der Waals surface area contributed by atoms with Crippen LogP contribution in [-0.4, -0.2) is 18.8 Å². The Bertz CT molecular complexity index is 611. The smallest absolute Gasteiger partial charge is 0.102 e. The summed E-state index contributed by atoms with van der Waals surface area (Å²) in [6, 6.07) is 18.4. The summed E-state index contributed by atoms with van der Waals surface area (Å²) >= 11 is 0. The first-order valence-corrected chi connectivity index (χ1v) is 7.50. The molecule has 1 heterocycles. The standard InChI is InChI=1S/C18H21N3/c19-17-9-5-4-8-16(17)18(14-6-2-1-3-7-14)21-15-10-12-20-13-11-15/h1-9,18,20H,10-13,19H2. The van der Waals surface area contributed by atoms with Gasteiger partial charge in [-0.15, -0.1) is 0 Å². The molecule has 2 aromatic rings. The molecule has 1 fully saturated rings. The summed E-state index contributed by atoms with van der Waals surface area (Å²) in [5.74, 6) is 0. The average Bonchev–Trinajstić information content (AvgIpc) is 2.55. The molecule has 1 aliphatic heterocycles. The number of nitrogens with one attached hydrogen (secondary N) is 1. The van der Waals surface area contributed by atoms with E-state index >= 15 is 0 Å². The molecule has 1 aliphatic rings. The van der Waals surface area contributed by atoms with Gasteiger partial charge < -0.3 is 11.1 Å². The molecule has 1 saturated heterocycles. The van der Waals surface area contributed by atoms with Crippen molar-refractivity contribution in [2.45, 2.75) is 18.9 Å². The van der Waals surface area contributed by atoms with Crippen LogP contribution >= 0.6 is 0 Å². The van der Waals surface area contributed by atoms with E-state index in [4.69, 9.17) is 10.7 Å². The number of hydrogen-bond acceptors (Lipinski definition) is 3. The molecule has 0 saturated carbocycles. The fraction of sp³-hybridized carbons (Fsp3) is 0.278. The summed E-state index contributed by atoms with van der Waals surface area (Å²) in [5, 5.41) is 3.37. The van der Waals surface area contributed by atoms with Crippen LogP contribution in [0.4, 0.5) is 5.69 Å². The number of nitrogens with two attached hydrogens (primary N) is 1. The molecule has 0 spiro atoms. The number of benzene rings is 2. The maximum absolute atomic E-state index is 6.18. The highest BCUT2D eigenvalue weighted by molar-refractivity contribution is 5.86. The third-order valence-corrected chi connectivity index (χ3v) is 3.90. The second-order valence-electron chi connectivity index (χ2n) is 5.39. The molecule has 2 aromatic carbocycles. The lowest BCUT2D eigenvalue weighted by atomic mass is 9.97. The lowest BCUT2D eigenvalue weighted by molar-refractivity contribution is 0.663. The quantitative estimate of drug-likeness (QED) is 0.848. The van der Waals surface area contributed by atoms with Crippen LogP contribution in [0.1, 0.15) is 30.0 Å². The van der Waals surface area contributed by atoms with E-state index in [1.165, 1.54) is 11.3 Å². The number of aliphatic imine (C=N–C) groups is 1. The molecule has 0 amide bonds. The predicted molar refractivity (Wildman–Crippen MR) is 88.7 cm³/mol. The molecular weight excluding hydrogens is 258 g/mol. The van der Waals surface area contributed by atoms with Crippen LogP contribution in [0.3, 0.4) is 0 Å². The van der Waals surface area contributed by atoms with E-state index in [1.807, 2.05) is 24.3 Å².